The summed E-state index contributed by atoms with van der Waals surface area (Å²) in [7, 11) is 0. The molecule has 2 aromatic carbocycles. The molecule has 0 spiro atoms. The van der Waals surface area contributed by atoms with Crippen LogP contribution in [0.25, 0.3) is 0 Å². The van der Waals surface area contributed by atoms with Gasteiger partial charge in [-0.2, -0.15) is 5.26 Å². The van der Waals surface area contributed by atoms with E-state index in [1.54, 1.807) is 12.1 Å². The molecule has 0 aliphatic rings. The van der Waals surface area contributed by atoms with E-state index in [2.05, 4.69) is 27.3 Å². The number of benzene rings is 2. The number of nitrogens with one attached hydrogen (secondary N) is 1. The van der Waals surface area contributed by atoms with E-state index in [1.807, 2.05) is 30.3 Å². The van der Waals surface area contributed by atoms with Crippen LogP contribution in [0.2, 0.25) is 5.02 Å². The summed E-state index contributed by atoms with van der Waals surface area (Å²) in [5.41, 5.74) is 2.48. The van der Waals surface area contributed by atoms with Crippen LogP contribution in [0.15, 0.2) is 46.9 Å². The van der Waals surface area contributed by atoms with E-state index in [-0.39, 0.29) is 0 Å². The first-order valence-electron chi connectivity index (χ1n) is 4.91. The van der Waals surface area contributed by atoms with Crippen molar-refractivity contribution in [1.82, 2.24) is 0 Å². The molecular formula is C13H8BrClN2. The van der Waals surface area contributed by atoms with Crippen molar-refractivity contribution in [2.75, 3.05) is 5.32 Å². The molecule has 2 rings (SSSR count). The molecule has 2 nitrogen and oxygen atoms in total. The molecule has 0 saturated carbocycles. The van der Waals surface area contributed by atoms with E-state index in [9.17, 15) is 0 Å². The molecule has 0 radical (unpaired) electrons. The van der Waals surface area contributed by atoms with Crippen molar-refractivity contribution < 1.29 is 0 Å². The average molecular weight is 308 g/mol. The van der Waals surface area contributed by atoms with Gasteiger partial charge in [0.05, 0.1) is 17.3 Å². The zero-order chi connectivity index (χ0) is 12.3. The van der Waals surface area contributed by atoms with Crippen LogP contribution in [0.4, 0.5) is 11.4 Å². The second kappa shape index (κ2) is 5.22. The van der Waals surface area contributed by atoms with Gasteiger partial charge in [0.15, 0.2) is 0 Å². The summed E-state index contributed by atoms with van der Waals surface area (Å²) >= 11 is 9.23. The highest BCUT2D eigenvalue weighted by atomic mass is 79.9. The van der Waals surface area contributed by atoms with Gasteiger partial charge in [-0.25, -0.2) is 0 Å². The van der Waals surface area contributed by atoms with E-state index in [1.165, 1.54) is 0 Å². The highest BCUT2D eigenvalue weighted by Gasteiger charge is 2.01. The Balaban J connectivity index is 2.25. The summed E-state index contributed by atoms with van der Waals surface area (Å²) in [5, 5.41) is 12.7. The standard InChI is InChI=1S/C13H8BrClN2/c14-12-7-9(8-16)1-6-13(12)17-11-4-2-10(15)3-5-11/h1-7,17H. The molecule has 0 aromatic heterocycles. The first kappa shape index (κ1) is 12.0. The van der Waals surface area contributed by atoms with Crippen molar-refractivity contribution in [3.8, 4) is 6.07 Å². The summed E-state index contributed by atoms with van der Waals surface area (Å²) in [5.74, 6) is 0. The molecule has 0 aliphatic heterocycles. The average Bonchev–Trinajstić information content (AvgIpc) is 2.34. The monoisotopic (exact) mass is 306 g/mol. The predicted octanol–water partition coefficient (Wildman–Crippen LogP) is 4.72. The fourth-order valence-corrected chi connectivity index (χ4v) is 1.98. The largest absolute Gasteiger partial charge is 0.355 e. The van der Waals surface area contributed by atoms with Gasteiger partial charge in [0.25, 0.3) is 0 Å². The van der Waals surface area contributed by atoms with Crippen molar-refractivity contribution in [3.05, 3.63) is 57.5 Å². The lowest BCUT2D eigenvalue weighted by molar-refractivity contribution is 1.46. The van der Waals surface area contributed by atoms with E-state index < -0.39 is 0 Å². The maximum Gasteiger partial charge on any atom is 0.0992 e. The minimum Gasteiger partial charge on any atom is -0.355 e. The van der Waals surface area contributed by atoms with Gasteiger partial charge < -0.3 is 5.32 Å². The fourth-order valence-electron chi connectivity index (χ4n) is 1.37. The molecule has 0 atom stereocenters. The highest BCUT2D eigenvalue weighted by Crippen LogP contribution is 2.27. The Hall–Kier alpha value is -1.50. The van der Waals surface area contributed by atoms with Gasteiger partial charge in [-0.1, -0.05) is 11.6 Å². The predicted molar refractivity (Wildman–Crippen MR) is 73.6 cm³/mol. The lowest BCUT2D eigenvalue weighted by Crippen LogP contribution is -1.91. The van der Waals surface area contributed by atoms with Gasteiger partial charge in [-0.3, -0.25) is 0 Å². The van der Waals surface area contributed by atoms with E-state index >= 15 is 0 Å². The first-order valence-corrected chi connectivity index (χ1v) is 6.08. The first-order chi connectivity index (χ1) is 8.19. The molecule has 0 heterocycles. The molecule has 0 bridgehead atoms. The molecule has 0 amide bonds. The van der Waals surface area contributed by atoms with Crippen molar-refractivity contribution in [3.63, 3.8) is 0 Å². The molecular weight excluding hydrogens is 300 g/mol. The van der Waals surface area contributed by atoms with Gasteiger partial charge in [0.2, 0.25) is 0 Å². The lowest BCUT2D eigenvalue weighted by Gasteiger charge is -2.08. The zero-order valence-corrected chi connectivity index (χ0v) is 11.1. The maximum atomic E-state index is 8.77. The third kappa shape index (κ3) is 3.00. The van der Waals surface area contributed by atoms with Crippen LogP contribution in [0.5, 0.6) is 0 Å². The van der Waals surface area contributed by atoms with Crippen molar-refractivity contribution in [2.45, 2.75) is 0 Å². The Morgan fingerprint density at radius 1 is 1.12 bits per heavy atom. The third-order valence-electron chi connectivity index (χ3n) is 2.22. The molecule has 0 aliphatic carbocycles. The summed E-state index contributed by atoms with van der Waals surface area (Å²) in [4.78, 5) is 0. The summed E-state index contributed by atoms with van der Waals surface area (Å²) in [6, 6.07) is 14.9. The molecule has 4 heteroatoms. The molecule has 1 N–H and O–H groups in total. The van der Waals surface area contributed by atoms with Crippen LogP contribution in [0.1, 0.15) is 5.56 Å². The molecule has 0 unspecified atom stereocenters. The number of anilines is 2. The molecule has 84 valence electrons. The Morgan fingerprint density at radius 3 is 2.41 bits per heavy atom. The van der Waals surface area contributed by atoms with Crippen LogP contribution < -0.4 is 5.32 Å². The fraction of sp³-hybridized carbons (Fsp3) is 0. The van der Waals surface area contributed by atoms with E-state index in [4.69, 9.17) is 16.9 Å². The Bertz CT molecular complexity index is 573. The van der Waals surface area contributed by atoms with Crippen molar-refractivity contribution >= 4 is 38.9 Å². The zero-order valence-electron chi connectivity index (χ0n) is 8.74. The van der Waals surface area contributed by atoms with E-state index in [0.717, 1.165) is 15.8 Å². The SMILES string of the molecule is N#Cc1ccc(Nc2ccc(Cl)cc2)c(Br)c1. The van der Waals surface area contributed by atoms with Gasteiger partial charge in [0.1, 0.15) is 0 Å². The van der Waals surface area contributed by atoms with Gasteiger partial charge >= 0.3 is 0 Å². The van der Waals surface area contributed by atoms with Gasteiger partial charge in [0, 0.05) is 15.2 Å². The normalized spacial score (nSPS) is 9.71. The van der Waals surface area contributed by atoms with Gasteiger partial charge in [-0.15, -0.1) is 0 Å². The molecule has 17 heavy (non-hydrogen) atoms. The minimum atomic E-state index is 0.624. The maximum absolute atomic E-state index is 8.77. The van der Waals surface area contributed by atoms with Crippen molar-refractivity contribution in [1.29, 1.82) is 5.26 Å². The van der Waals surface area contributed by atoms with Crippen LogP contribution in [0, 0.1) is 11.3 Å². The van der Waals surface area contributed by atoms with Crippen LogP contribution in [-0.4, -0.2) is 0 Å². The number of nitrogens with zero attached hydrogens (tertiary/aromatic N) is 1. The topological polar surface area (TPSA) is 35.8 Å². The minimum absolute atomic E-state index is 0.624. The van der Waals surface area contributed by atoms with Crippen LogP contribution in [0.3, 0.4) is 0 Å². The Labute approximate surface area is 113 Å². The van der Waals surface area contributed by atoms with Crippen LogP contribution in [-0.2, 0) is 0 Å². The second-order valence-corrected chi connectivity index (χ2v) is 4.73. The smallest absolute Gasteiger partial charge is 0.0992 e. The number of hydrogen-bond donors (Lipinski definition) is 1. The van der Waals surface area contributed by atoms with Gasteiger partial charge in [-0.05, 0) is 58.4 Å². The molecule has 0 saturated heterocycles. The summed E-state index contributed by atoms with van der Waals surface area (Å²) in [6.07, 6.45) is 0. The number of halogens is 2. The van der Waals surface area contributed by atoms with Crippen molar-refractivity contribution in [2.24, 2.45) is 0 Å². The number of nitriles is 1. The van der Waals surface area contributed by atoms with Crippen LogP contribution >= 0.6 is 27.5 Å². The highest BCUT2D eigenvalue weighted by molar-refractivity contribution is 9.10. The number of rotatable bonds is 2. The second-order valence-electron chi connectivity index (χ2n) is 3.44. The quantitative estimate of drug-likeness (QED) is 0.871. The Morgan fingerprint density at radius 2 is 1.82 bits per heavy atom. The molecule has 0 fully saturated rings. The summed E-state index contributed by atoms with van der Waals surface area (Å²) in [6.45, 7) is 0. The Kier molecular flexibility index (Phi) is 3.68. The number of hydrogen-bond acceptors (Lipinski definition) is 2. The van der Waals surface area contributed by atoms with E-state index in [0.29, 0.717) is 10.6 Å². The molecule has 2 aromatic rings. The lowest BCUT2D eigenvalue weighted by atomic mass is 10.2. The summed E-state index contributed by atoms with van der Waals surface area (Å²) < 4.78 is 0.853. The third-order valence-corrected chi connectivity index (χ3v) is 3.13.